The van der Waals surface area contributed by atoms with Crippen LogP contribution in [-0.4, -0.2) is 13.0 Å². The summed E-state index contributed by atoms with van der Waals surface area (Å²) in [5.74, 6) is 0.331. The van der Waals surface area contributed by atoms with Crippen molar-refractivity contribution in [1.29, 1.82) is 0 Å². The van der Waals surface area contributed by atoms with Crippen molar-refractivity contribution in [3.05, 3.63) is 58.1 Å². The number of ether oxygens (including phenoxy) is 1. The Kier molecular flexibility index (Phi) is 4.63. The first-order valence-electron chi connectivity index (χ1n) is 6.07. The van der Waals surface area contributed by atoms with Gasteiger partial charge in [0.25, 0.3) is 5.91 Å². The van der Waals surface area contributed by atoms with E-state index in [1.807, 2.05) is 24.3 Å². The maximum Gasteiger partial charge on any atom is 0.251 e. The van der Waals surface area contributed by atoms with Gasteiger partial charge in [-0.15, -0.1) is 0 Å². The number of carbonyl (C=O) groups is 1. The van der Waals surface area contributed by atoms with E-state index in [-0.39, 0.29) is 5.91 Å². The van der Waals surface area contributed by atoms with E-state index in [2.05, 4.69) is 21.2 Å². The molecule has 0 saturated carbocycles. The fourth-order valence-corrected chi connectivity index (χ4v) is 2.20. The van der Waals surface area contributed by atoms with E-state index in [0.29, 0.717) is 23.5 Å². The summed E-state index contributed by atoms with van der Waals surface area (Å²) >= 11 is 3.45. The lowest BCUT2D eigenvalue weighted by molar-refractivity contribution is 0.0950. The maximum atomic E-state index is 12.1. The number of rotatable bonds is 4. The zero-order valence-electron chi connectivity index (χ0n) is 11.0. The highest BCUT2D eigenvalue weighted by Crippen LogP contribution is 2.22. The van der Waals surface area contributed by atoms with Crippen LogP contribution in [0.25, 0.3) is 0 Å². The van der Waals surface area contributed by atoms with Crippen molar-refractivity contribution in [3.63, 3.8) is 0 Å². The summed E-state index contributed by atoms with van der Waals surface area (Å²) < 4.78 is 6.07. The van der Waals surface area contributed by atoms with Gasteiger partial charge in [-0.05, 0) is 29.8 Å². The monoisotopic (exact) mass is 334 g/mol. The number of hydrogen-bond donors (Lipinski definition) is 2. The van der Waals surface area contributed by atoms with Gasteiger partial charge >= 0.3 is 0 Å². The molecule has 2 aromatic carbocycles. The van der Waals surface area contributed by atoms with E-state index >= 15 is 0 Å². The molecule has 0 aliphatic carbocycles. The van der Waals surface area contributed by atoms with Gasteiger partial charge in [0.1, 0.15) is 5.75 Å². The summed E-state index contributed by atoms with van der Waals surface area (Å²) in [5, 5.41) is 2.86. The molecule has 0 bridgehead atoms. The number of anilines is 1. The van der Waals surface area contributed by atoms with Gasteiger partial charge in [-0.3, -0.25) is 4.79 Å². The highest BCUT2D eigenvalue weighted by Gasteiger charge is 2.09. The molecule has 0 unspecified atom stereocenters. The lowest BCUT2D eigenvalue weighted by Crippen LogP contribution is -2.23. The Hall–Kier alpha value is -2.01. The fourth-order valence-electron chi connectivity index (χ4n) is 1.77. The molecule has 0 saturated heterocycles. The molecule has 5 heteroatoms. The van der Waals surface area contributed by atoms with Crippen LogP contribution >= 0.6 is 15.9 Å². The summed E-state index contributed by atoms with van der Waals surface area (Å²) in [6.45, 7) is 0.451. The molecule has 104 valence electrons. The number of nitrogen functional groups attached to an aromatic ring is 1. The largest absolute Gasteiger partial charge is 0.495 e. The van der Waals surface area contributed by atoms with E-state index in [4.69, 9.17) is 10.5 Å². The van der Waals surface area contributed by atoms with Crippen molar-refractivity contribution < 1.29 is 9.53 Å². The van der Waals surface area contributed by atoms with Crippen LogP contribution in [-0.2, 0) is 6.54 Å². The summed E-state index contributed by atoms with van der Waals surface area (Å²) in [4.78, 5) is 12.1. The molecule has 0 atom stereocenters. The number of nitrogens with one attached hydrogen (secondary N) is 1. The Morgan fingerprint density at radius 2 is 2.05 bits per heavy atom. The lowest BCUT2D eigenvalue weighted by Gasteiger charge is -2.09. The smallest absolute Gasteiger partial charge is 0.251 e. The standard InChI is InChI=1S/C15H15BrN2O2/c1-20-14-8-10(6-7-13(14)17)15(19)18-9-11-4-2-3-5-12(11)16/h2-8H,9,17H2,1H3,(H,18,19). The second-order valence-electron chi connectivity index (χ2n) is 4.23. The van der Waals surface area contributed by atoms with Gasteiger partial charge < -0.3 is 15.8 Å². The van der Waals surface area contributed by atoms with Gasteiger partial charge in [-0.25, -0.2) is 0 Å². The zero-order chi connectivity index (χ0) is 14.5. The van der Waals surface area contributed by atoms with Gasteiger partial charge in [-0.1, -0.05) is 34.1 Å². The third-order valence-electron chi connectivity index (χ3n) is 2.89. The van der Waals surface area contributed by atoms with E-state index in [9.17, 15) is 4.79 Å². The van der Waals surface area contributed by atoms with E-state index in [1.54, 1.807) is 18.2 Å². The number of methoxy groups -OCH3 is 1. The molecule has 3 N–H and O–H groups in total. The molecular formula is C15H15BrN2O2. The average molecular weight is 335 g/mol. The molecule has 0 aliphatic heterocycles. The minimum absolute atomic E-state index is 0.168. The number of amides is 1. The number of halogens is 1. The first-order chi connectivity index (χ1) is 9.61. The molecule has 20 heavy (non-hydrogen) atoms. The minimum atomic E-state index is -0.168. The van der Waals surface area contributed by atoms with Crippen LogP contribution in [0.15, 0.2) is 46.9 Å². The zero-order valence-corrected chi connectivity index (χ0v) is 12.6. The van der Waals surface area contributed by atoms with Gasteiger partial charge in [-0.2, -0.15) is 0 Å². The topological polar surface area (TPSA) is 64.3 Å². The fraction of sp³-hybridized carbons (Fsp3) is 0.133. The maximum absolute atomic E-state index is 12.1. The Morgan fingerprint density at radius 1 is 1.30 bits per heavy atom. The van der Waals surface area contributed by atoms with E-state index < -0.39 is 0 Å². The highest BCUT2D eigenvalue weighted by molar-refractivity contribution is 9.10. The van der Waals surface area contributed by atoms with Crippen molar-refractivity contribution >= 4 is 27.5 Å². The van der Waals surface area contributed by atoms with Crippen molar-refractivity contribution in [3.8, 4) is 5.75 Å². The van der Waals surface area contributed by atoms with Crippen molar-refractivity contribution in [2.45, 2.75) is 6.54 Å². The molecule has 0 radical (unpaired) electrons. The number of hydrogen-bond acceptors (Lipinski definition) is 3. The van der Waals surface area contributed by atoms with Crippen LogP contribution in [0.3, 0.4) is 0 Å². The normalized spacial score (nSPS) is 10.1. The Bertz CT molecular complexity index is 629. The van der Waals surface area contributed by atoms with Crippen LogP contribution in [0.5, 0.6) is 5.75 Å². The molecule has 0 aromatic heterocycles. The molecule has 4 nitrogen and oxygen atoms in total. The highest BCUT2D eigenvalue weighted by atomic mass is 79.9. The van der Waals surface area contributed by atoms with Crippen LogP contribution < -0.4 is 15.8 Å². The van der Waals surface area contributed by atoms with Crippen LogP contribution in [0.4, 0.5) is 5.69 Å². The minimum Gasteiger partial charge on any atom is -0.495 e. The molecular weight excluding hydrogens is 320 g/mol. The second kappa shape index (κ2) is 6.43. The van der Waals surface area contributed by atoms with Gasteiger partial charge in [0, 0.05) is 16.6 Å². The van der Waals surface area contributed by atoms with Gasteiger partial charge in [0.2, 0.25) is 0 Å². The van der Waals surface area contributed by atoms with Crippen LogP contribution in [0, 0.1) is 0 Å². The number of nitrogens with two attached hydrogens (primary N) is 1. The molecule has 1 amide bonds. The third kappa shape index (κ3) is 3.30. The van der Waals surface area contributed by atoms with E-state index in [1.165, 1.54) is 7.11 Å². The predicted molar refractivity (Wildman–Crippen MR) is 82.7 cm³/mol. The third-order valence-corrected chi connectivity index (χ3v) is 3.67. The number of benzene rings is 2. The van der Waals surface area contributed by atoms with Crippen molar-refractivity contribution in [2.24, 2.45) is 0 Å². The summed E-state index contributed by atoms with van der Waals surface area (Å²) in [7, 11) is 1.52. The van der Waals surface area contributed by atoms with E-state index in [0.717, 1.165) is 10.0 Å². The summed E-state index contributed by atoms with van der Waals surface area (Å²) in [6.07, 6.45) is 0. The quantitative estimate of drug-likeness (QED) is 0.845. The Morgan fingerprint density at radius 3 is 2.75 bits per heavy atom. The Balaban J connectivity index is 2.07. The molecule has 0 aliphatic rings. The molecule has 0 spiro atoms. The molecule has 0 heterocycles. The Labute approximate surface area is 126 Å². The first kappa shape index (κ1) is 14.4. The molecule has 0 fully saturated rings. The SMILES string of the molecule is COc1cc(C(=O)NCc2ccccc2Br)ccc1N. The van der Waals surface area contributed by atoms with Gasteiger partial charge in [0.15, 0.2) is 0 Å². The first-order valence-corrected chi connectivity index (χ1v) is 6.86. The van der Waals surface area contributed by atoms with Crippen molar-refractivity contribution in [2.75, 3.05) is 12.8 Å². The van der Waals surface area contributed by atoms with Crippen molar-refractivity contribution in [1.82, 2.24) is 5.32 Å². The van der Waals surface area contributed by atoms with Crippen LogP contribution in [0.2, 0.25) is 0 Å². The molecule has 2 rings (SSSR count). The molecule has 2 aromatic rings. The summed E-state index contributed by atoms with van der Waals surface area (Å²) in [5.41, 5.74) is 7.76. The average Bonchev–Trinajstić information content (AvgIpc) is 2.46. The van der Waals surface area contributed by atoms with Crippen LogP contribution in [0.1, 0.15) is 15.9 Å². The predicted octanol–water partition coefficient (Wildman–Crippen LogP) is 2.97. The van der Waals surface area contributed by atoms with Gasteiger partial charge in [0.05, 0.1) is 12.8 Å². The second-order valence-corrected chi connectivity index (χ2v) is 5.09. The summed E-state index contributed by atoms with van der Waals surface area (Å²) in [6, 6.07) is 12.7. The number of carbonyl (C=O) groups excluding carboxylic acids is 1. The lowest BCUT2D eigenvalue weighted by atomic mass is 10.1.